The fraction of sp³-hybridized carbons (Fsp3) is 0.615. The molecule has 0 aromatic carbocycles. The average Bonchev–Trinajstić information content (AvgIpc) is 2.98. The van der Waals surface area contributed by atoms with Gasteiger partial charge in [0.1, 0.15) is 11.6 Å². The van der Waals surface area contributed by atoms with Crippen LogP contribution in [-0.2, 0) is 0 Å². The van der Waals surface area contributed by atoms with Gasteiger partial charge in [-0.05, 0) is 31.2 Å². The van der Waals surface area contributed by atoms with Crippen molar-refractivity contribution < 1.29 is 0 Å². The van der Waals surface area contributed by atoms with E-state index in [0.29, 0.717) is 15.9 Å². The summed E-state index contributed by atoms with van der Waals surface area (Å²) in [6, 6.07) is 1.76. The summed E-state index contributed by atoms with van der Waals surface area (Å²) in [5.74, 6) is 3.10. The molecule has 1 aliphatic carbocycles. The summed E-state index contributed by atoms with van der Waals surface area (Å²) in [7, 11) is 2.03. The summed E-state index contributed by atoms with van der Waals surface area (Å²) in [5.41, 5.74) is 0. The van der Waals surface area contributed by atoms with Crippen molar-refractivity contribution in [1.82, 2.24) is 4.98 Å². The third kappa shape index (κ3) is 3.01. The molecule has 1 aliphatic rings. The minimum absolute atomic E-state index is 0.568. The highest BCUT2D eigenvalue weighted by molar-refractivity contribution is 6.37. The number of nitrogens with one attached hydrogen (secondary N) is 1. The monoisotopic (exact) mass is 287 g/mol. The number of nitrogens with zero attached hydrogens (tertiary/aromatic N) is 2. The normalized spacial score (nSPS) is 21.8. The molecule has 0 spiro atoms. The molecule has 1 fully saturated rings. The maximum absolute atomic E-state index is 6.22. The molecule has 0 saturated heterocycles. The zero-order valence-electron chi connectivity index (χ0n) is 11.0. The first kappa shape index (κ1) is 13.8. The molecule has 2 rings (SSSR count). The maximum atomic E-state index is 6.22. The Bertz CT molecular complexity index is 436. The molecule has 0 aliphatic heterocycles. The lowest BCUT2D eigenvalue weighted by Gasteiger charge is -2.20. The first-order valence-electron chi connectivity index (χ1n) is 6.34. The zero-order valence-corrected chi connectivity index (χ0v) is 12.5. The lowest BCUT2D eigenvalue weighted by atomic mass is 10.3. The number of aromatic nitrogens is 1. The first-order chi connectivity index (χ1) is 8.52. The highest BCUT2D eigenvalue weighted by atomic mass is 35.5. The number of halogens is 2. The van der Waals surface area contributed by atoms with Crippen molar-refractivity contribution in [3.05, 3.63) is 16.1 Å². The summed E-state index contributed by atoms with van der Waals surface area (Å²) < 4.78 is 0. The lowest BCUT2D eigenvalue weighted by molar-refractivity contribution is 0.720. The standard InChI is InChI=1S/C13H19Cl2N3/c1-4-16-12-10(14)6-11(15)13(17-12)18(3)7-9-5-8(9)2/h6,8-9H,4-5,7H2,1-3H3,(H,16,17). The van der Waals surface area contributed by atoms with Gasteiger partial charge in [-0.15, -0.1) is 0 Å². The molecular weight excluding hydrogens is 269 g/mol. The molecule has 100 valence electrons. The Labute approximate surface area is 118 Å². The summed E-state index contributed by atoms with van der Waals surface area (Å²) in [4.78, 5) is 6.64. The SMILES string of the molecule is CCNc1nc(N(C)CC2CC2C)c(Cl)cc1Cl. The van der Waals surface area contributed by atoms with E-state index in [0.717, 1.165) is 30.7 Å². The predicted octanol–water partition coefficient (Wildman–Crippen LogP) is 3.91. The van der Waals surface area contributed by atoms with Gasteiger partial charge < -0.3 is 10.2 Å². The van der Waals surface area contributed by atoms with Gasteiger partial charge in [-0.2, -0.15) is 0 Å². The summed E-state index contributed by atoms with van der Waals surface area (Å²) in [6.45, 7) is 6.08. The van der Waals surface area contributed by atoms with Gasteiger partial charge >= 0.3 is 0 Å². The van der Waals surface area contributed by atoms with Gasteiger partial charge in [-0.1, -0.05) is 30.1 Å². The van der Waals surface area contributed by atoms with Crippen molar-refractivity contribution in [3.8, 4) is 0 Å². The van der Waals surface area contributed by atoms with E-state index in [1.54, 1.807) is 6.07 Å². The highest BCUT2D eigenvalue weighted by Crippen LogP contribution is 2.39. The Morgan fingerprint density at radius 1 is 1.44 bits per heavy atom. The van der Waals surface area contributed by atoms with Crippen LogP contribution in [0.2, 0.25) is 10.0 Å². The van der Waals surface area contributed by atoms with Crippen molar-refractivity contribution in [2.75, 3.05) is 30.4 Å². The van der Waals surface area contributed by atoms with Crippen molar-refractivity contribution >= 4 is 34.8 Å². The lowest BCUT2D eigenvalue weighted by Crippen LogP contribution is -2.22. The van der Waals surface area contributed by atoms with Crippen LogP contribution in [0.15, 0.2) is 6.07 Å². The van der Waals surface area contributed by atoms with Crippen LogP contribution in [0.1, 0.15) is 20.3 Å². The second kappa shape index (κ2) is 5.54. The van der Waals surface area contributed by atoms with Crippen LogP contribution in [0, 0.1) is 11.8 Å². The van der Waals surface area contributed by atoms with Gasteiger partial charge in [0.25, 0.3) is 0 Å². The van der Waals surface area contributed by atoms with E-state index >= 15 is 0 Å². The Morgan fingerprint density at radius 3 is 2.67 bits per heavy atom. The van der Waals surface area contributed by atoms with E-state index < -0.39 is 0 Å². The fourth-order valence-corrected chi connectivity index (χ4v) is 2.68. The van der Waals surface area contributed by atoms with E-state index in [-0.39, 0.29) is 0 Å². The van der Waals surface area contributed by atoms with Crippen LogP contribution in [0.3, 0.4) is 0 Å². The quantitative estimate of drug-likeness (QED) is 0.890. The van der Waals surface area contributed by atoms with Crippen LogP contribution >= 0.6 is 23.2 Å². The third-order valence-electron chi connectivity index (χ3n) is 3.40. The number of rotatable bonds is 5. The van der Waals surface area contributed by atoms with Crippen molar-refractivity contribution in [1.29, 1.82) is 0 Å². The summed E-state index contributed by atoms with van der Waals surface area (Å²) in [6.07, 6.45) is 1.30. The minimum atomic E-state index is 0.568. The molecule has 1 saturated carbocycles. The van der Waals surface area contributed by atoms with Gasteiger partial charge in [0, 0.05) is 20.1 Å². The van der Waals surface area contributed by atoms with Crippen LogP contribution < -0.4 is 10.2 Å². The molecule has 5 heteroatoms. The van der Waals surface area contributed by atoms with Crippen LogP contribution in [0.4, 0.5) is 11.6 Å². The van der Waals surface area contributed by atoms with Crippen molar-refractivity contribution in [2.45, 2.75) is 20.3 Å². The maximum Gasteiger partial charge on any atom is 0.149 e. The number of pyridine rings is 1. The largest absolute Gasteiger partial charge is 0.369 e. The Hall–Kier alpha value is -0.670. The van der Waals surface area contributed by atoms with E-state index in [1.165, 1.54) is 6.42 Å². The molecule has 1 heterocycles. The Balaban J connectivity index is 2.17. The highest BCUT2D eigenvalue weighted by Gasteiger charge is 2.33. The van der Waals surface area contributed by atoms with Gasteiger partial charge in [0.15, 0.2) is 0 Å². The zero-order chi connectivity index (χ0) is 13.3. The van der Waals surface area contributed by atoms with E-state index in [2.05, 4.69) is 22.1 Å². The Morgan fingerprint density at radius 2 is 2.11 bits per heavy atom. The molecule has 0 radical (unpaired) electrons. The van der Waals surface area contributed by atoms with E-state index in [9.17, 15) is 0 Å². The van der Waals surface area contributed by atoms with Crippen LogP contribution in [0.5, 0.6) is 0 Å². The van der Waals surface area contributed by atoms with Gasteiger partial charge in [-0.25, -0.2) is 4.98 Å². The van der Waals surface area contributed by atoms with Crippen LogP contribution in [-0.4, -0.2) is 25.1 Å². The second-order valence-corrected chi connectivity index (χ2v) is 5.82. The molecule has 1 aromatic rings. The van der Waals surface area contributed by atoms with Gasteiger partial charge in [-0.3, -0.25) is 0 Å². The fourth-order valence-electron chi connectivity index (χ4n) is 2.11. The van der Waals surface area contributed by atoms with Crippen LogP contribution in [0.25, 0.3) is 0 Å². The van der Waals surface area contributed by atoms with E-state index in [4.69, 9.17) is 23.2 Å². The molecule has 2 atom stereocenters. The smallest absolute Gasteiger partial charge is 0.149 e. The molecule has 1 aromatic heterocycles. The predicted molar refractivity (Wildman–Crippen MR) is 79.0 cm³/mol. The summed E-state index contributed by atoms with van der Waals surface area (Å²) in [5, 5.41) is 4.32. The molecule has 1 N–H and O–H groups in total. The van der Waals surface area contributed by atoms with Crippen molar-refractivity contribution in [2.24, 2.45) is 11.8 Å². The topological polar surface area (TPSA) is 28.2 Å². The minimum Gasteiger partial charge on any atom is -0.369 e. The van der Waals surface area contributed by atoms with Crippen molar-refractivity contribution in [3.63, 3.8) is 0 Å². The molecular formula is C13H19Cl2N3. The molecule has 18 heavy (non-hydrogen) atoms. The molecule has 3 nitrogen and oxygen atoms in total. The summed E-state index contributed by atoms with van der Waals surface area (Å²) >= 11 is 12.3. The first-order valence-corrected chi connectivity index (χ1v) is 7.09. The number of hydrogen-bond donors (Lipinski definition) is 1. The van der Waals surface area contributed by atoms with Gasteiger partial charge in [0.2, 0.25) is 0 Å². The third-order valence-corrected chi connectivity index (χ3v) is 3.97. The molecule has 2 unspecified atom stereocenters. The average molecular weight is 288 g/mol. The number of hydrogen-bond acceptors (Lipinski definition) is 3. The molecule has 0 bridgehead atoms. The molecule has 0 amide bonds. The Kier molecular flexibility index (Phi) is 4.23. The van der Waals surface area contributed by atoms with Gasteiger partial charge in [0.05, 0.1) is 10.0 Å². The van der Waals surface area contributed by atoms with E-state index in [1.807, 2.05) is 14.0 Å². The second-order valence-electron chi connectivity index (χ2n) is 5.01. The number of anilines is 2.